The first kappa shape index (κ1) is 15.9. The molecule has 0 radical (unpaired) electrons. The second kappa shape index (κ2) is 6.04. The molecule has 0 saturated carbocycles. The topological polar surface area (TPSA) is 63.9 Å². The van der Waals surface area contributed by atoms with Crippen LogP contribution in [0.2, 0.25) is 0 Å². The molecule has 4 rings (SSSR count). The molecule has 5 nitrogen and oxygen atoms in total. The van der Waals surface area contributed by atoms with Crippen molar-refractivity contribution in [3.8, 4) is 0 Å². The largest absolute Gasteiger partial charge is 0.361 e. The van der Waals surface area contributed by atoms with E-state index in [0.29, 0.717) is 0 Å². The number of nitrogens with zero attached hydrogens (tertiary/aromatic N) is 2. The van der Waals surface area contributed by atoms with Crippen molar-refractivity contribution in [1.82, 2.24) is 9.55 Å². The molecule has 0 spiro atoms. The molecule has 0 aliphatic carbocycles. The van der Waals surface area contributed by atoms with Gasteiger partial charge < -0.3 is 9.55 Å². The van der Waals surface area contributed by atoms with E-state index in [9.17, 15) is 10.1 Å². The summed E-state index contributed by atoms with van der Waals surface area (Å²) in [6.07, 6.45) is 3.91. The maximum Gasteiger partial charge on any atom is 0.214 e. The maximum atomic E-state index is 11.4. The number of hydrogen-bond donors (Lipinski definition) is 1. The number of para-hydroxylation sites is 1. The smallest absolute Gasteiger partial charge is 0.214 e. The Balaban J connectivity index is 1.97. The highest BCUT2D eigenvalue weighted by Gasteiger charge is 2.26. The molecular formula is C19H16BrN3O2. The molecule has 0 saturated heterocycles. The first-order valence-corrected chi connectivity index (χ1v) is 8.76. The van der Waals surface area contributed by atoms with Crippen LogP contribution in [-0.2, 0) is 7.05 Å². The fraction of sp³-hybridized carbons (Fsp3) is 0.158. The molecule has 2 aromatic carbocycles. The van der Waals surface area contributed by atoms with Crippen LogP contribution in [0, 0.1) is 10.1 Å². The molecule has 2 heterocycles. The normalized spacial score (nSPS) is 12.7. The summed E-state index contributed by atoms with van der Waals surface area (Å²) in [4.78, 5) is 14.4. The number of aryl methyl sites for hydroxylation is 1. The predicted octanol–water partition coefficient (Wildman–Crippen LogP) is 4.83. The van der Waals surface area contributed by atoms with Crippen molar-refractivity contribution in [1.29, 1.82) is 0 Å². The van der Waals surface area contributed by atoms with Crippen molar-refractivity contribution in [2.24, 2.45) is 7.05 Å². The lowest BCUT2D eigenvalue weighted by Crippen LogP contribution is -2.13. The van der Waals surface area contributed by atoms with E-state index < -0.39 is 0 Å². The lowest BCUT2D eigenvalue weighted by molar-refractivity contribution is -0.481. The van der Waals surface area contributed by atoms with Gasteiger partial charge in [0.05, 0.1) is 5.92 Å². The average Bonchev–Trinajstić information content (AvgIpc) is 3.14. The zero-order valence-electron chi connectivity index (χ0n) is 13.6. The van der Waals surface area contributed by atoms with Gasteiger partial charge in [0, 0.05) is 50.6 Å². The molecule has 1 N–H and O–H groups in total. The van der Waals surface area contributed by atoms with E-state index in [2.05, 4.69) is 20.9 Å². The van der Waals surface area contributed by atoms with Crippen molar-refractivity contribution in [3.63, 3.8) is 0 Å². The van der Waals surface area contributed by atoms with Gasteiger partial charge in [-0.2, -0.15) is 0 Å². The van der Waals surface area contributed by atoms with Gasteiger partial charge in [-0.3, -0.25) is 10.1 Å². The minimum Gasteiger partial charge on any atom is -0.361 e. The first-order valence-electron chi connectivity index (χ1n) is 7.97. The zero-order chi connectivity index (χ0) is 17.6. The Morgan fingerprint density at radius 1 is 1.20 bits per heavy atom. The molecule has 1 unspecified atom stereocenters. The number of benzene rings is 2. The SMILES string of the molecule is Cn1cc(C(C[N+](=O)[O-])c2c[nH]c3ccccc23)c2cc(Br)ccc21. The molecular weight excluding hydrogens is 382 g/mol. The Bertz CT molecular complexity index is 1100. The Morgan fingerprint density at radius 3 is 2.80 bits per heavy atom. The second-order valence-electron chi connectivity index (χ2n) is 6.21. The summed E-state index contributed by atoms with van der Waals surface area (Å²) in [5, 5.41) is 13.5. The van der Waals surface area contributed by atoms with Gasteiger partial charge in [-0.15, -0.1) is 0 Å². The van der Waals surface area contributed by atoms with Crippen molar-refractivity contribution < 1.29 is 4.92 Å². The van der Waals surface area contributed by atoms with Crippen molar-refractivity contribution in [3.05, 3.63) is 80.6 Å². The standard InChI is InChI=1S/C19H16BrN3O2/c1-22-10-16(14-8-12(20)6-7-19(14)22)17(11-23(24)25)15-9-21-18-5-3-2-4-13(15)18/h2-10,17,21H,11H2,1H3. The number of fused-ring (bicyclic) bond motifs is 2. The Kier molecular flexibility index (Phi) is 3.84. The van der Waals surface area contributed by atoms with Gasteiger partial charge in [0.25, 0.3) is 0 Å². The number of halogens is 1. The number of nitro groups is 1. The maximum absolute atomic E-state index is 11.4. The molecule has 2 aromatic heterocycles. The van der Waals surface area contributed by atoms with Crippen LogP contribution in [0.25, 0.3) is 21.8 Å². The summed E-state index contributed by atoms with van der Waals surface area (Å²) in [5.74, 6) is -0.316. The summed E-state index contributed by atoms with van der Waals surface area (Å²) in [5.41, 5.74) is 3.98. The molecule has 0 fully saturated rings. The van der Waals surface area contributed by atoms with Gasteiger partial charge in [-0.05, 0) is 35.4 Å². The van der Waals surface area contributed by atoms with E-state index in [0.717, 1.165) is 37.4 Å². The lowest BCUT2D eigenvalue weighted by Gasteiger charge is -2.12. The fourth-order valence-electron chi connectivity index (χ4n) is 3.57. The van der Waals surface area contributed by atoms with Gasteiger partial charge in [0.2, 0.25) is 6.54 Å². The third kappa shape index (κ3) is 2.72. The number of rotatable bonds is 4. The van der Waals surface area contributed by atoms with Crippen molar-refractivity contribution >= 4 is 37.7 Å². The van der Waals surface area contributed by atoms with Crippen LogP contribution >= 0.6 is 15.9 Å². The highest BCUT2D eigenvalue weighted by atomic mass is 79.9. The summed E-state index contributed by atoms with van der Waals surface area (Å²) in [6.45, 7) is -0.145. The molecule has 0 bridgehead atoms. The van der Waals surface area contributed by atoms with E-state index in [4.69, 9.17) is 0 Å². The van der Waals surface area contributed by atoms with Gasteiger partial charge in [0.15, 0.2) is 0 Å². The van der Waals surface area contributed by atoms with Crippen LogP contribution in [0.3, 0.4) is 0 Å². The highest BCUT2D eigenvalue weighted by molar-refractivity contribution is 9.10. The zero-order valence-corrected chi connectivity index (χ0v) is 15.2. The lowest BCUT2D eigenvalue weighted by atomic mass is 9.91. The summed E-state index contributed by atoms with van der Waals surface area (Å²) < 4.78 is 2.99. The first-order chi connectivity index (χ1) is 12.0. The average molecular weight is 398 g/mol. The molecule has 0 aliphatic heterocycles. The van der Waals surface area contributed by atoms with E-state index in [1.807, 2.05) is 66.5 Å². The fourth-order valence-corrected chi connectivity index (χ4v) is 3.93. The van der Waals surface area contributed by atoms with E-state index in [1.54, 1.807) is 0 Å². The third-order valence-corrected chi connectivity index (χ3v) is 5.18. The molecule has 6 heteroatoms. The third-order valence-electron chi connectivity index (χ3n) is 4.69. The minimum atomic E-state index is -0.316. The Morgan fingerprint density at radius 2 is 2.00 bits per heavy atom. The molecule has 126 valence electrons. The van der Waals surface area contributed by atoms with E-state index >= 15 is 0 Å². The molecule has 25 heavy (non-hydrogen) atoms. The molecule has 1 atom stereocenters. The van der Waals surface area contributed by atoms with Gasteiger partial charge in [0.1, 0.15) is 0 Å². The molecule has 0 amide bonds. The molecule has 0 aliphatic rings. The van der Waals surface area contributed by atoms with Crippen LogP contribution < -0.4 is 0 Å². The van der Waals surface area contributed by atoms with Crippen LogP contribution in [-0.4, -0.2) is 21.0 Å². The predicted molar refractivity (Wildman–Crippen MR) is 103 cm³/mol. The monoisotopic (exact) mass is 397 g/mol. The Labute approximate surface area is 152 Å². The Hall–Kier alpha value is -2.60. The summed E-state index contributed by atoms with van der Waals surface area (Å²) in [7, 11) is 1.97. The number of nitrogens with one attached hydrogen (secondary N) is 1. The molecule has 4 aromatic rings. The number of hydrogen-bond acceptors (Lipinski definition) is 2. The van der Waals surface area contributed by atoms with Crippen LogP contribution in [0.15, 0.2) is 59.3 Å². The van der Waals surface area contributed by atoms with Crippen LogP contribution in [0.5, 0.6) is 0 Å². The number of H-pyrrole nitrogens is 1. The van der Waals surface area contributed by atoms with Gasteiger partial charge in [-0.25, -0.2) is 0 Å². The van der Waals surface area contributed by atoms with E-state index in [-0.39, 0.29) is 17.4 Å². The number of aromatic nitrogens is 2. The van der Waals surface area contributed by atoms with Crippen molar-refractivity contribution in [2.45, 2.75) is 5.92 Å². The second-order valence-corrected chi connectivity index (χ2v) is 7.13. The van der Waals surface area contributed by atoms with Gasteiger partial charge in [-0.1, -0.05) is 34.1 Å². The highest BCUT2D eigenvalue weighted by Crippen LogP contribution is 2.36. The number of aromatic amines is 1. The van der Waals surface area contributed by atoms with Crippen LogP contribution in [0.4, 0.5) is 0 Å². The summed E-state index contributed by atoms with van der Waals surface area (Å²) >= 11 is 3.52. The van der Waals surface area contributed by atoms with Crippen LogP contribution in [0.1, 0.15) is 17.0 Å². The van der Waals surface area contributed by atoms with E-state index in [1.165, 1.54) is 0 Å². The quantitative estimate of drug-likeness (QED) is 0.395. The minimum absolute atomic E-state index is 0.145. The van der Waals surface area contributed by atoms with Gasteiger partial charge >= 0.3 is 0 Å². The summed E-state index contributed by atoms with van der Waals surface area (Å²) in [6, 6.07) is 14.0. The van der Waals surface area contributed by atoms with Crippen molar-refractivity contribution in [2.75, 3.05) is 6.54 Å².